The standard InChI is InChI=1S/C27H30N6O4/c1-5-11-32-20-9-7-16(3)13-18(20)24(26(32)36)30-28-22(34)15-23(35)29-31-25-19-14-17(4)8-10-21(19)33(12-6-2)27(25)37/h7-10,13-14,36-37H,5-6,11-12,15H2,1-4H3. The molecule has 2 aromatic carbocycles. The fourth-order valence-electron chi connectivity index (χ4n) is 4.38. The predicted molar refractivity (Wildman–Crippen MR) is 141 cm³/mol. The van der Waals surface area contributed by atoms with Crippen LogP contribution in [0.25, 0.3) is 21.8 Å². The quantitative estimate of drug-likeness (QED) is 0.203. The SMILES string of the molecule is CCCn1c(O)c(N=NC(=O)CC(=O)N=Nc2c(O)n(CCC)c3ccc(C)cc23)c2cc(C)ccc21. The smallest absolute Gasteiger partial charge is 0.274 e. The number of hydrogen-bond acceptors (Lipinski definition) is 6. The second kappa shape index (κ2) is 10.7. The summed E-state index contributed by atoms with van der Waals surface area (Å²) in [6.07, 6.45) is 0.951. The van der Waals surface area contributed by atoms with Gasteiger partial charge in [0.15, 0.2) is 11.4 Å². The van der Waals surface area contributed by atoms with Gasteiger partial charge in [0.2, 0.25) is 11.8 Å². The lowest BCUT2D eigenvalue weighted by molar-refractivity contribution is -0.126. The Morgan fingerprint density at radius 2 is 1.14 bits per heavy atom. The number of aromatic nitrogens is 2. The molecule has 0 bridgehead atoms. The van der Waals surface area contributed by atoms with E-state index in [0.29, 0.717) is 23.9 Å². The van der Waals surface area contributed by atoms with Gasteiger partial charge in [0.1, 0.15) is 6.42 Å². The molecule has 0 radical (unpaired) electrons. The lowest BCUT2D eigenvalue weighted by Gasteiger charge is -2.04. The van der Waals surface area contributed by atoms with Gasteiger partial charge in [0.05, 0.1) is 11.0 Å². The van der Waals surface area contributed by atoms with Crippen LogP contribution in [0.4, 0.5) is 11.4 Å². The number of carbonyl (C=O) groups is 2. The number of rotatable bonds is 8. The van der Waals surface area contributed by atoms with E-state index >= 15 is 0 Å². The molecule has 2 aromatic heterocycles. The van der Waals surface area contributed by atoms with Gasteiger partial charge >= 0.3 is 0 Å². The lowest BCUT2D eigenvalue weighted by Crippen LogP contribution is -2.01. The van der Waals surface area contributed by atoms with Crippen molar-refractivity contribution in [2.24, 2.45) is 20.5 Å². The first kappa shape index (κ1) is 25.7. The summed E-state index contributed by atoms with van der Waals surface area (Å²) in [6.45, 7) is 8.98. The van der Waals surface area contributed by atoms with Crippen LogP contribution in [-0.4, -0.2) is 31.2 Å². The van der Waals surface area contributed by atoms with Crippen LogP contribution >= 0.6 is 0 Å². The van der Waals surface area contributed by atoms with Crippen molar-refractivity contribution in [3.8, 4) is 11.8 Å². The Morgan fingerprint density at radius 1 is 0.730 bits per heavy atom. The number of aromatic hydroxyl groups is 2. The van der Waals surface area contributed by atoms with Gasteiger partial charge in [-0.05, 0) is 51.0 Å². The van der Waals surface area contributed by atoms with Crippen LogP contribution in [0.2, 0.25) is 0 Å². The maximum absolute atomic E-state index is 12.4. The van der Waals surface area contributed by atoms with Crippen molar-refractivity contribution < 1.29 is 19.8 Å². The zero-order chi connectivity index (χ0) is 26.7. The van der Waals surface area contributed by atoms with Crippen LogP contribution in [0.1, 0.15) is 44.2 Å². The number of carbonyl (C=O) groups excluding carboxylic acids is 2. The van der Waals surface area contributed by atoms with E-state index in [4.69, 9.17) is 0 Å². The molecule has 10 heteroatoms. The van der Waals surface area contributed by atoms with E-state index < -0.39 is 18.2 Å². The van der Waals surface area contributed by atoms with E-state index in [-0.39, 0.29) is 23.1 Å². The Bertz CT molecular complexity index is 1440. The molecule has 0 atom stereocenters. The molecule has 0 aliphatic heterocycles. The molecule has 4 aromatic rings. The Balaban J connectivity index is 1.54. The van der Waals surface area contributed by atoms with Crippen molar-refractivity contribution in [2.75, 3.05) is 0 Å². The molecule has 2 amide bonds. The van der Waals surface area contributed by atoms with E-state index in [1.165, 1.54) is 0 Å². The summed E-state index contributed by atoms with van der Waals surface area (Å²) in [6, 6.07) is 11.4. The van der Waals surface area contributed by atoms with Gasteiger partial charge < -0.3 is 19.3 Å². The molecule has 2 N–H and O–H groups in total. The summed E-state index contributed by atoms with van der Waals surface area (Å²) in [5, 5.41) is 38.0. The van der Waals surface area contributed by atoms with Crippen molar-refractivity contribution in [1.82, 2.24) is 9.13 Å². The summed E-state index contributed by atoms with van der Waals surface area (Å²) in [5.74, 6) is -1.81. The third-order valence-electron chi connectivity index (χ3n) is 6.05. The van der Waals surface area contributed by atoms with Crippen LogP contribution in [0.15, 0.2) is 56.9 Å². The van der Waals surface area contributed by atoms with Gasteiger partial charge in [-0.25, -0.2) is 0 Å². The largest absolute Gasteiger partial charge is 0.493 e. The molecule has 0 fully saturated rings. The number of hydrogen-bond donors (Lipinski definition) is 2. The molecule has 4 rings (SSSR count). The topological polar surface area (TPSA) is 134 Å². The highest BCUT2D eigenvalue weighted by Crippen LogP contribution is 2.40. The summed E-state index contributed by atoms with van der Waals surface area (Å²) in [4.78, 5) is 24.7. The van der Waals surface area contributed by atoms with Crippen molar-refractivity contribution in [1.29, 1.82) is 0 Å². The zero-order valence-corrected chi connectivity index (χ0v) is 21.4. The maximum Gasteiger partial charge on any atom is 0.274 e. The minimum Gasteiger partial charge on any atom is -0.493 e. The van der Waals surface area contributed by atoms with Gasteiger partial charge in [-0.3, -0.25) is 9.59 Å². The Kier molecular flexibility index (Phi) is 7.47. The Hall–Kier alpha value is -4.34. The van der Waals surface area contributed by atoms with Gasteiger partial charge in [-0.15, -0.1) is 20.5 Å². The van der Waals surface area contributed by atoms with Crippen molar-refractivity contribution in [2.45, 2.75) is 60.0 Å². The van der Waals surface area contributed by atoms with E-state index in [1.807, 2.05) is 64.1 Å². The fraction of sp³-hybridized carbons (Fsp3) is 0.333. The Labute approximate surface area is 214 Å². The molecule has 0 unspecified atom stereocenters. The molecule has 10 nitrogen and oxygen atoms in total. The fourth-order valence-corrected chi connectivity index (χ4v) is 4.38. The van der Waals surface area contributed by atoms with E-state index in [1.54, 1.807) is 9.13 Å². The zero-order valence-electron chi connectivity index (χ0n) is 21.4. The van der Waals surface area contributed by atoms with Crippen LogP contribution < -0.4 is 0 Å². The highest BCUT2D eigenvalue weighted by Gasteiger charge is 2.19. The van der Waals surface area contributed by atoms with Gasteiger partial charge in [-0.1, -0.05) is 37.1 Å². The molecular formula is C27H30N6O4. The minimum atomic E-state index is -0.819. The Morgan fingerprint density at radius 3 is 1.51 bits per heavy atom. The average molecular weight is 503 g/mol. The number of fused-ring (bicyclic) bond motifs is 2. The number of nitrogens with zero attached hydrogens (tertiary/aromatic N) is 6. The van der Waals surface area contributed by atoms with Crippen molar-refractivity contribution >= 4 is 45.0 Å². The number of azo groups is 2. The molecule has 2 heterocycles. The molecule has 192 valence electrons. The highest BCUT2D eigenvalue weighted by molar-refractivity contribution is 5.99. The summed E-state index contributed by atoms with van der Waals surface area (Å²) < 4.78 is 3.44. The molecule has 0 saturated heterocycles. The number of aryl methyl sites for hydroxylation is 4. The highest BCUT2D eigenvalue weighted by atomic mass is 16.3. The molecule has 37 heavy (non-hydrogen) atoms. The number of amides is 2. The lowest BCUT2D eigenvalue weighted by atomic mass is 10.1. The second-order valence-corrected chi connectivity index (χ2v) is 9.05. The van der Waals surface area contributed by atoms with Gasteiger partial charge in [0.25, 0.3) is 11.8 Å². The summed E-state index contributed by atoms with van der Waals surface area (Å²) in [5.41, 5.74) is 3.87. The molecule has 0 aliphatic rings. The van der Waals surface area contributed by atoms with Gasteiger partial charge in [-0.2, -0.15) is 0 Å². The maximum atomic E-state index is 12.4. The van der Waals surface area contributed by atoms with Crippen molar-refractivity contribution in [3.63, 3.8) is 0 Å². The van der Waals surface area contributed by atoms with E-state index in [2.05, 4.69) is 20.5 Å². The molecule has 0 saturated carbocycles. The molecule has 0 aliphatic carbocycles. The van der Waals surface area contributed by atoms with E-state index in [9.17, 15) is 19.8 Å². The molecule has 0 spiro atoms. The van der Waals surface area contributed by atoms with Crippen LogP contribution in [-0.2, 0) is 22.7 Å². The monoisotopic (exact) mass is 502 g/mol. The van der Waals surface area contributed by atoms with Crippen LogP contribution in [0, 0.1) is 13.8 Å². The third kappa shape index (κ3) is 5.13. The average Bonchev–Trinajstić information content (AvgIpc) is 3.26. The summed E-state index contributed by atoms with van der Waals surface area (Å²) >= 11 is 0. The predicted octanol–water partition coefficient (Wildman–Crippen LogP) is 6.75. The number of benzene rings is 2. The second-order valence-electron chi connectivity index (χ2n) is 9.05. The minimum absolute atomic E-state index is 0.0840. The third-order valence-corrected chi connectivity index (χ3v) is 6.05. The van der Waals surface area contributed by atoms with Crippen molar-refractivity contribution in [3.05, 3.63) is 47.5 Å². The molecular weight excluding hydrogens is 472 g/mol. The first-order chi connectivity index (χ1) is 17.7. The first-order valence-corrected chi connectivity index (χ1v) is 12.3. The van der Waals surface area contributed by atoms with Crippen LogP contribution in [0.3, 0.4) is 0 Å². The van der Waals surface area contributed by atoms with Crippen LogP contribution in [0.5, 0.6) is 11.8 Å². The first-order valence-electron chi connectivity index (χ1n) is 12.3. The van der Waals surface area contributed by atoms with Gasteiger partial charge in [0, 0.05) is 23.9 Å². The normalized spacial score (nSPS) is 12.0. The summed E-state index contributed by atoms with van der Waals surface area (Å²) in [7, 11) is 0. The van der Waals surface area contributed by atoms with E-state index in [0.717, 1.165) is 35.0 Å².